The highest BCUT2D eigenvalue weighted by Gasteiger charge is 2.18. The Morgan fingerprint density at radius 1 is 1.38 bits per heavy atom. The molecule has 0 N–H and O–H groups in total. The average Bonchev–Trinajstić information content (AvgIpc) is 2.71. The number of hydrogen-bond acceptors (Lipinski definition) is 4. The Kier molecular flexibility index (Phi) is 3.55. The first kappa shape index (κ1) is 11.5. The molecule has 0 atom stereocenters. The first-order valence-electron chi connectivity index (χ1n) is 4.53. The lowest BCUT2D eigenvalue weighted by molar-refractivity contribution is 0.0594. The van der Waals surface area contributed by atoms with Gasteiger partial charge in [-0.05, 0) is 39.7 Å². The topological polar surface area (TPSA) is 39.2 Å². The maximum absolute atomic E-state index is 11.4. The summed E-state index contributed by atoms with van der Waals surface area (Å²) >= 11 is 3.44. The Labute approximate surface area is 111 Å². The molecule has 0 spiro atoms. The first-order chi connectivity index (χ1) is 7.74. The number of benzene rings is 1. The van der Waals surface area contributed by atoms with Gasteiger partial charge < -0.3 is 4.74 Å². The molecule has 82 valence electrons. The third kappa shape index (κ3) is 2.10. The van der Waals surface area contributed by atoms with Crippen LogP contribution in [0.15, 0.2) is 30.3 Å². The Balaban J connectivity index is 2.45. The molecule has 0 aliphatic rings. The predicted molar refractivity (Wildman–Crippen MR) is 71.6 cm³/mol. The minimum absolute atomic E-state index is 0.386. The van der Waals surface area contributed by atoms with E-state index in [4.69, 9.17) is 0 Å². The molecule has 0 amide bonds. The standard InChI is InChI=1S/C11H8INO2S/c1-15-11(14)9-8(12)10(16-13-9)7-5-3-2-4-6-7/h2-6H,1H3. The van der Waals surface area contributed by atoms with Crippen LogP contribution in [0.4, 0.5) is 0 Å². The van der Waals surface area contributed by atoms with Crippen molar-refractivity contribution in [1.82, 2.24) is 4.37 Å². The van der Waals surface area contributed by atoms with Crippen molar-refractivity contribution in [2.45, 2.75) is 0 Å². The molecule has 5 heteroatoms. The summed E-state index contributed by atoms with van der Waals surface area (Å²) in [4.78, 5) is 12.4. The number of nitrogens with zero attached hydrogens (tertiary/aromatic N) is 1. The molecular weight excluding hydrogens is 337 g/mol. The summed E-state index contributed by atoms with van der Waals surface area (Å²) in [6, 6.07) is 9.87. The largest absolute Gasteiger partial charge is 0.464 e. The second-order valence-electron chi connectivity index (χ2n) is 3.03. The molecule has 16 heavy (non-hydrogen) atoms. The van der Waals surface area contributed by atoms with Crippen LogP contribution in [-0.4, -0.2) is 17.5 Å². The van der Waals surface area contributed by atoms with E-state index in [0.29, 0.717) is 5.69 Å². The monoisotopic (exact) mass is 345 g/mol. The van der Waals surface area contributed by atoms with Crippen molar-refractivity contribution >= 4 is 40.1 Å². The van der Waals surface area contributed by atoms with Gasteiger partial charge in [0.15, 0.2) is 5.69 Å². The molecule has 1 heterocycles. The Hall–Kier alpha value is -0.950. The lowest BCUT2D eigenvalue weighted by Crippen LogP contribution is -2.03. The van der Waals surface area contributed by atoms with Gasteiger partial charge in [-0.1, -0.05) is 30.3 Å². The highest BCUT2D eigenvalue weighted by Crippen LogP contribution is 2.31. The van der Waals surface area contributed by atoms with Gasteiger partial charge >= 0.3 is 5.97 Å². The molecule has 1 aromatic carbocycles. The molecule has 0 saturated heterocycles. The van der Waals surface area contributed by atoms with Crippen LogP contribution in [0.25, 0.3) is 10.4 Å². The van der Waals surface area contributed by atoms with Crippen LogP contribution in [0.2, 0.25) is 0 Å². The Morgan fingerprint density at radius 2 is 2.06 bits per heavy atom. The van der Waals surface area contributed by atoms with Gasteiger partial charge in [-0.15, -0.1) is 0 Å². The fraction of sp³-hybridized carbons (Fsp3) is 0.0909. The van der Waals surface area contributed by atoms with Gasteiger partial charge in [0.2, 0.25) is 0 Å². The van der Waals surface area contributed by atoms with E-state index in [9.17, 15) is 4.79 Å². The summed E-state index contributed by atoms with van der Waals surface area (Å²) < 4.78 is 9.64. The second kappa shape index (κ2) is 4.92. The van der Waals surface area contributed by atoms with Gasteiger partial charge in [0.05, 0.1) is 15.6 Å². The number of halogens is 1. The summed E-state index contributed by atoms with van der Waals surface area (Å²) in [5.74, 6) is -0.386. The molecule has 3 nitrogen and oxygen atoms in total. The fourth-order valence-corrected chi connectivity index (χ4v) is 3.15. The van der Waals surface area contributed by atoms with E-state index in [2.05, 4.69) is 31.7 Å². The summed E-state index contributed by atoms with van der Waals surface area (Å²) in [5, 5.41) is 0. The van der Waals surface area contributed by atoms with Crippen LogP contribution in [0.5, 0.6) is 0 Å². The second-order valence-corrected chi connectivity index (χ2v) is 4.88. The number of esters is 1. The van der Waals surface area contributed by atoms with Gasteiger partial charge in [-0.3, -0.25) is 0 Å². The lowest BCUT2D eigenvalue weighted by Gasteiger charge is -1.97. The molecule has 0 fully saturated rings. The van der Waals surface area contributed by atoms with Crippen molar-refractivity contribution in [3.63, 3.8) is 0 Å². The van der Waals surface area contributed by atoms with Gasteiger partial charge in [-0.25, -0.2) is 4.79 Å². The zero-order chi connectivity index (χ0) is 11.5. The number of aromatic nitrogens is 1. The molecule has 2 rings (SSSR count). The summed E-state index contributed by atoms with van der Waals surface area (Å²) in [6.45, 7) is 0. The molecule has 1 aromatic heterocycles. The van der Waals surface area contributed by atoms with Crippen LogP contribution in [0.1, 0.15) is 10.5 Å². The number of ether oxygens (including phenoxy) is 1. The zero-order valence-corrected chi connectivity index (χ0v) is 11.4. The average molecular weight is 345 g/mol. The van der Waals surface area contributed by atoms with E-state index in [1.807, 2.05) is 30.3 Å². The van der Waals surface area contributed by atoms with E-state index >= 15 is 0 Å². The molecule has 0 unspecified atom stereocenters. The van der Waals surface area contributed by atoms with E-state index < -0.39 is 0 Å². The third-order valence-corrected chi connectivity index (χ3v) is 4.36. The minimum atomic E-state index is -0.386. The van der Waals surface area contributed by atoms with Crippen LogP contribution in [-0.2, 0) is 4.74 Å². The normalized spacial score (nSPS) is 10.1. The Morgan fingerprint density at radius 3 is 2.69 bits per heavy atom. The molecule has 2 aromatic rings. The number of carbonyl (C=O) groups excluding carboxylic acids is 1. The van der Waals surface area contributed by atoms with Crippen molar-refractivity contribution < 1.29 is 9.53 Å². The van der Waals surface area contributed by atoms with Crippen molar-refractivity contribution in [1.29, 1.82) is 0 Å². The molecule has 0 radical (unpaired) electrons. The zero-order valence-electron chi connectivity index (χ0n) is 8.44. The minimum Gasteiger partial charge on any atom is -0.464 e. The van der Waals surface area contributed by atoms with Crippen molar-refractivity contribution in [3.05, 3.63) is 39.6 Å². The molecule has 0 bridgehead atoms. The van der Waals surface area contributed by atoms with E-state index in [-0.39, 0.29) is 5.97 Å². The van der Waals surface area contributed by atoms with E-state index in [1.165, 1.54) is 18.6 Å². The van der Waals surface area contributed by atoms with E-state index in [1.54, 1.807) is 0 Å². The van der Waals surface area contributed by atoms with Crippen LogP contribution in [0, 0.1) is 3.57 Å². The summed E-state index contributed by atoms with van der Waals surface area (Å²) in [5.41, 5.74) is 1.46. The SMILES string of the molecule is COC(=O)c1nsc(-c2ccccc2)c1I. The fourth-order valence-electron chi connectivity index (χ4n) is 1.27. The van der Waals surface area contributed by atoms with Gasteiger partial charge in [-0.2, -0.15) is 4.37 Å². The lowest BCUT2D eigenvalue weighted by atomic mass is 10.2. The summed E-state index contributed by atoms with van der Waals surface area (Å²) in [7, 11) is 1.36. The van der Waals surface area contributed by atoms with Crippen LogP contribution < -0.4 is 0 Å². The van der Waals surface area contributed by atoms with Gasteiger partial charge in [0, 0.05) is 0 Å². The number of methoxy groups -OCH3 is 1. The van der Waals surface area contributed by atoms with Gasteiger partial charge in [0.1, 0.15) is 0 Å². The van der Waals surface area contributed by atoms with Gasteiger partial charge in [0.25, 0.3) is 0 Å². The van der Waals surface area contributed by atoms with Crippen LogP contribution >= 0.6 is 34.1 Å². The Bertz CT molecular complexity index is 510. The van der Waals surface area contributed by atoms with Crippen molar-refractivity contribution in [2.75, 3.05) is 7.11 Å². The maximum Gasteiger partial charge on any atom is 0.358 e. The molecule has 0 aliphatic heterocycles. The quantitative estimate of drug-likeness (QED) is 0.620. The number of rotatable bonds is 2. The first-order valence-corrected chi connectivity index (χ1v) is 6.38. The van der Waals surface area contributed by atoms with Crippen molar-refractivity contribution in [3.8, 4) is 10.4 Å². The highest BCUT2D eigenvalue weighted by molar-refractivity contribution is 14.1. The summed E-state index contributed by atoms with van der Waals surface area (Å²) in [6.07, 6.45) is 0. The number of hydrogen-bond donors (Lipinski definition) is 0. The predicted octanol–water partition coefficient (Wildman–Crippen LogP) is 3.20. The van der Waals surface area contributed by atoms with Crippen molar-refractivity contribution in [2.24, 2.45) is 0 Å². The smallest absolute Gasteiger partial charge is 0.358 e. The highest BCUT2D eigenvalue weighted by atomic mass is 127. The molecular formula is C11H8INO2S. The third-order valence-electron chi connectivity index (χ3n) is 2.05. The van der Waals surface area contributed by atoms with E-state index in [0.717, 1.165) is 14.0 Å². The molecule has 0 saturated carbocycles. The van der Waals surface area contributed by atoms with Crippen LogP contribution in [0.3, 0.4) is 0 Å². The molecule has 0 aliphatic carbocycles. The number of carbonyl (C=O) groups is 1. The maximum atomic E-state index is 11.4.